The maximum atomic E-state index is 15.1. The molecule has 5 N–H and O–H groups in total. The lowest BCUT2D eigenvalue weighted by atomic mass is 9.83. The summed E-state index contributed by atoms with van der Waals surface area (Å²) in [6.45, 7) is 27.7. The van der Waals surface area contributed by atoms with Crippen LogP contribution in [0.4, 0.5) is 29.7 Å². The van der Waals surface area contributed by atoms with Gasteiger partial charge in [-0.2, -0.15) is 0 Å². The number of likely N-dealkylation sites (N-methyl/N-ethyl adjacent to an activating group) is 2. The summed E-state index contributed by atoms with van der Waals surface area (Å²) in [6, 6.07) is 17.2. The van der Waals surface area contributed by atoms with E-state index in [0.717, 1.165) is 6.54 Å². The lowest BCUT2D eigenvalue weighted by molar-refractivity contribution is -0.308. The number of cyclic esters (lactones) is 3. The first-order valence-corrected chi connectivity index (χ1v) is 36.8. The van der Waals surface area contributed by atoms with E-state index in [9.17, 15) is 44.3 Å². The molecule has 5 saturated heterocycles. The van der Waals surface area contributed by atoms with Gasteiger partial charge >= 0.3 is 18.2 Å². The zero-order valence-electron chi connectivity index (χ0n) is 64.2. The fraction of sp³-hybridized carbons (Fsp3) is 0.667. The van der Waals surface area contributed by atoms with Gasteiger partial charge in [0.05, 0.1) is 102 Å². The summed E-state index contributed by atoms with van der Waals surface area (Å²) in [5, 5.41) is 70.9. The van der Waals surface area contributed by atoms with Gasteiger partial charge < -0.3 is 82.4 Å². The number of β-amino-alcohol motifs (C(OH)–C–C–N with tert-alkyl or cyclic N) is 1. The Labute approximate surface area is 620 Å². The highest BCUT2D eigenvalue weighted by atomic mass is 19.1. The van der Waals surface area contributed by atoms with Crippen LogP contribution < -0.4 is 9.80 Å². The van der Waals surface area contributed by atoms with Crippen LogP contribution in [0.25, 0.3) is 21.8 Å². The molecule has 106 heavy (non-hydrogen) atoms. The summed E-state index contributed by atoms with van der Waals surface area (Å²) in [7, 11) is 5.18. The number of hydrogen-bond acceptors (Lipinski definition) is 22. The number of ether oxygens (including phenoxy) is 8. The molecule has 5 aliphatic rings. The average molecular weight is 1490 g/mol. The average Bonchev–Trinajstić information content (AvgIpc) is 0.932. The van der Waals surface area contributed by atoms with Crippen molar-refractivity contribution in [1.29, 1.82) is 0 Å². The van der Waals surface area contributed by atoms with E-state index < -0.39 is 132 Å². The van der Waals surface area contributed by atoms with Crippen LogP contribution in [0.5, 0.6) is 0 Å². The molecule has 5 aliphatic heterocycles. The topological polar surface area (TPSA) is 332 Å². The highest BCUT2D eigenvalue weighted by Crippen LogP contribution is 2.39. The number of anilines is 2. The van der Waals surface area contributed by atoms with Crippen molar-refractivity contribution in [3.63, 3.8) is 0 Å². The van der Waals surface area contributed by atoms with Gasteiger partial charge in [0.1, 0.15) is 47.8 Å². The Kier molecular flexibility index (Phi) is 29.7. The van der Waals surface area contributed by atoms with Gasteiger partial charge in [-0.1, -0.05) is 31.1 Å². The minimum atomic E-state index is -1.82. The van der Waals surface area contributed by atoms with E-state index in [4.69, 9.17) is 43.4 Å². The zero-order chi connectivity index (χ0) is 77.7. The van der Waals surface area contributed by atoms with Gasteiger partial charge in [-0.15, -0.1) is 5.10 Å². The Morgan fingerprint density at radius 1 is 0.783 bits per heavy atom. The smallest absolute Gasteiger partial charge is 0.414 e. The Morgan fingerprint density at radius 3 is 1.89 bits per heavy atom. The van der Waals surface area contributed by atoms with E-state index in [0.29, 0.717) is 66.5 Å². The molecule has 10 rings (SSSR count). The summed E-state index contributed by atoms with van der Waals surface area (Å²) >= 11 is 0. The third kappa shape index (κ3) is 21.4. The largest absolute Gasteiger partial charge is 0.459 e. The molecule has 8 heterocycles. The maximum absolute atomic E-state index is 15.1. The second-order valence-electron chi connectivity index (χ2n) is 30.1. The number of hydrogen-bond donors (Lipinski definition) is 5. The van der Waals surface area contributed by atoms with E-state index in [1.54, 1.807) is 135 Å². The highest BCUT2D eigenvalue weighted by molar-refractivity contribution is 5.90. The van der Waals surface area contributed by atoms with Crippen LogP contribution >= 0.6 is 0 Å². The lowest BCUT2D eigenvalue weighted by Gasteiger charge is -2.47. The van der Waals surface area contributed by atoms with Crippen molar-refractivity contribution in [2.75, 3.05) is 76.8 Å². The number of aromatic nitrogens is 5. The number of amides is 2. The number of aliphatic hydroxyl groups excluding tert-OH is 3. The Hall–Kier alpha value is -7.20. The van der Waals surface area contributed by atoms with Crippen LogP contribution in [0.3, 0.4) is 0 Å². The standard InChI is InChI=1S/C53H82FN7O14.C14H12FN5O2.C8H19N/c1-12-43-53(8,68)42(62)30-57(9)26-31(2)24-51(6,67)44(23-41(33(4)48(65)74-43)73-45-25-52(7,69-11)47(64)34(5)71-45)75-49-46(63)40(21-32(3)70-49)58(10)20-17-35-27-60(56-55-35)28-37-29-61(50(66)72-37)36-15-16-39(38(54)22-36)59-18-13-14-19-59;15-12-7-10(3-4-13(12)19-5-1-2-6-19)20-9-11(8-17-18-16)22-14(20)21;1-6-9(7(2)3)8(4)5/h13-16,18-19,22,27,31-34,37,40-47,49,62-64,67-68H,12,17,20-21,23-26,28-30H2,1-11H3;1-7,11H,8-9H2;7-8H,6H2,1-5H3/t31-,32-,33-,34+,37+,40+,41+,42-,43-,44-,45+,46-,47+,49+,51-,52-,53+;11-;/m10./s1. The first kappa shape index (κ1) is 84.4. The maximum Gasteiger partial charge on any atom is 0.414 e. The zero-order valence-corrected chi connectivity index (χ0v) is 64.2. The Bertz CT molecular complexity index is 3650. The number of benzene rings is 2. The van der Waals surface area contributed by atoms with Gasteiger partial charge in [-0.25, -0.2) is 23.1 Å². The van der Waals surface area contributed by atoms with Crippen LogP contribution in [-0.2, 0) is 55.7 Å². The third-order valence-corrected chi connectivity index (χ3v) is 20.9. The van der Waals surface area contributed by atoms with Gasteiger partial charge in [0.25, 0.3) is 0 Å². The number of halogens is 2. The molecular formula is C75H113F2N13O16. The summed E-state index contributed by atoms with van der Waals surface area (Å²) in [5.41, 5.74) is 5.98. The number of carbonyl (C=O) groups is 3. The van der Waals surface area contributed by atoms with Crippen LogP contribution in [0, 0.1) is 23.5 Å². The summed E-state index contributed by atoms with van der Waals surface area (Å²) in [4.78, 5) is 50.7. The van der Waals surface area contributed by atoms with E-state index in [-0.39, 0.29) is 64.3 Å². The van der Waals surface area contributed by atoms with Gasteiger partial charge in [0.2, 0.25) is 0 Å². The number of aliphatic hydroxyl groups is 5. The number of nitrogens with zero attached hydrogens (tertiary/aromatic N) is 13. The van der Waals surface area contributed by atoms with Crippen LogP contribution in [0.1, 0.15) is 128 Å². The Morgan fingerprint density at radius 2 is 1.36 bits per heavy atom. The molecule has 5 aromatic rings. The first-order chi connectivity index (χ1) is 50.1. The molecule has 2 amide bonds. The molecule has 588 valence electrons. The second-order valence-corrected chi connectivity index (χ2v) is 30.1. The first-order valence-electron chi connectivity index (χ1n) is 36.8. The van der Waals surface area contributed by atoms with Crippen molar-refractivity contribution in [3.05, 3.63) is 119 Å². The monoisotopic (exact) mass is 1490 g/mol. The third-order valence-electron chi connectivity index (χ3n) is 20.9. The molecule has 0 bridgehead atoms. The van der Waals surface area contributed by atoms with E-state index in [1.165, 1.54) is 36.0 Å². The SMILES string of the molecule is CCN(C(C)C)C(C)C.CC[C@H]1OC(=O)[C@H](C)[C@@H](O[C@H]2C[C@@](C)(OC)[C@@H](O)[C@H](C)O2)C[C@@H](O[C@@H]2O[C@H](C)C[C@H](N(C)CCc3cn(C[C@H]4CN(c5ccc(-n6cccc6)c(F)c5)C(=O)O4)nn3)[C@H]2O)[C@](C)(O)C[C@@H](C)CN(C)C[C@@H](O)[C@]1(C)O.[N-]=[N+]=NC[C@H]1CN(c2ccc(-n3cccc3)c(F)c2)C(=O)O1. The van der Waals surface area contributed by atoms with Crippen molar-refractivity contribution < 1.29 is 86.6 Å². The number of methoxy groups -OCH3 is 1. The molecule has 29 nitrogen and oxygen atoms in total. The van der Waals surface area contributed by atoms with Crippen LogP contribution in [0.15, 0.2) is 96.8 Å². The lowest BCUT2D eigenvalue weighted by Crippen LogP contribution is -2.59. The van der Waals surface area contributed by atoms with E-state index >= 15 is 4.39 Å². The van der Waals surface area contributed by atoms with E-state index in [2.05, 4.69) is 59.9 Å². The van der Waals surface area contributed by atoms with Crippen molar-refractivity contribution in [2.24, 2.45) is 17.0 Å². The number of rotatable bonds is 21. The van der Waals surface area contributed by atoms with Crippen molar-refractivity contribution in [2.45, 2.75) is 244 Å². The van der Waals surface area contributed by atoms with Gasteiger partial charge in [-0.05, 0) is 181 Å². The number of azide groups is 1. The molecule has 0 saturated carbocycles. The molecule has 2 aromatic carbocycles. The second kappa shape index (κ2) is 37.3. The summed E-state index contributed by atoms with van der Waals surface area (Å²) < 4.78 is 82.7. The fourth-order valence-corrected chi connectivity index (χ4v) is 14.8. The van der Waals surface area contributed by atoms with Crippen molar-refractivity contribution >= 4 is 29.5 Å². The molecule has 3 aromatic heterocycles. The molecule has 0 radical (unpaired) electrons. The predicted molar refractivity (Wildman–Crippen MR) is 391 cm³/mol. The van der Waals surface area contributed by atoms with E-state index in [1.807, 2.05) is 30.7 Å². The normalized spacial score (nSPS) is 31.5. The Balaban J connectivity index is 0.000000374. The van der Waals surface area contributed by atoms with Crippen molar-refractivity contribution in [3.8, 4) is 11.4 Å². The minimum absolute atomic E-state index is 0.0518. The summed E-state index contributed by atoms with van der Waals surface area (Å²) in [6.07, 6.45) is -2.39. The summed E-state index contributed by atoms with van der Waals surface area (Å²) in [5.74, 6) is -2.90. The molecule has 0 unspecified atom stereocenters. The molecule has 0 spiro atoms. The van der Waals surface area contributed by atoms with Gasteiger partial charge in [0.15, 0.2) is 12.6 Å². The molecule has 0 aliphatic carbocycles. The number of carbonyl (C=O) groups excluding carboxylic acids is 3. The molecule has 5 fully saturated rings. The molecular weight excluding hydrogens is 1380 g/mol. The molecule has 31 heteroatoms. The van der Waals surface area contributed by atoms with Crippen molar-refractivity contribution in [1.82, 2.24) is 38.8 Å². The fourth-order valence-electron chi connectivity index (χ4n) is 14.8. The van der Waals surface area contributed by atoms with Gasteiger partial charge in [0, 0.05) is 100 Å². The van der Waals surface area contributed by atoms with Crippen LogP contribution in [0.2, 0.25) is 0 Å². The minimum Gasteiger partial charge on any atom is -0.459 e. The predicted octanol–water partition coefficient (Wildman–Crippen LogP) is 8.80. The molecule has 18 atom stereocenters. The number of esters is 1. The van der Waals surface area contributed by atoms with Gasteiger partial charge in [-0.3, -0.25) is 19.5 Å². The highest BCUT2D eigenvalue weighted by Gasteiger charge is 2.51. The van der Waals surface area contributed by atoms with Crippen LogP contribution in [-0.4, -0.2) is 258 Å². The quantitative estimate of drug-likeness (QED) is 0.0151.